The molecule has 0 aliphatic rings. The molecule has 0 spiro atoms. The highest BCUT2D eigenvalue weighted by Gasteiger charge is 2.33. The average Bonchev–Trinajstić information content (AvgIpc) is 2.85. The number of hydrogen-bond acceptors (Lipinski definition) is 2. The quantitative estimate of drug-likeness (QED) is 0.749. The van der Waals surface area contributed by atoms with E-state index in [1.54, 1.807) is 24.3 Å². The molecule has 1 aromatic heterocycles. The smallest absolute Gasteiger partial charge is 0.165 e. The summed E-state index contributed by atoms with van der Waals surface area (Å²) in [6.07, 6.45) is 0. The van der Waals surface area contributed by atoms with E-state index in [1.165, 1.54) is 19.1 Å². The van der Waals surface area contributed by atoms with Gasteiger partial charge >= 0.3 is 0 Å². The molecule has 0 saturated carbocycles. The van der Waals surface area contributed by atoms with Gasteiger partial charge in [-0.15, -0.1) is 0 Å². The lowest BCUT2D eigenvalue weighted by Gasteiger charge is -2.21. The van der Waals surface area contributed by atoms with Crippen LogP contribution in [0.2, 0.25) is 5.02 Å². The van der Waals surface area contributed by atoms with E-state index in [0.717, 1.165) is 6.07 Å². The highest BCUT2D eigenvalue weighted by atomic mass is 35.5. The maximum Gasteiger partial charge on any atom is 0.165 e. The van der Waals surface area contributed by atoms with Crippen molar-refractivity contribution < 1.29 is 18.3 Å². The van der Waals surface area contributed by atoms with Gasteiger partial charge in [-0.3, -0.25) is 0 Å². The molecule has 3 aromatic rings. The highest BCUT2D eigenvalue weighted by Crippen LogP contribution is 2.35. The van der Waals surface area contributed by atoms with Crippen LogP contribution in [0, 0.1) is 11.6 Å². The lowest BCUT2D eigenvalue weighted by molar-refractivity contribution is 0.0740. The lowest BCUT2D eigenvalue weighted by atomic mass is 9.92. The molecule has 0 aliphatic carbocycles. The van der Waals surface area contributed by atoms with Gasteiger partial charge in [0.1, 0.15) is 16.9 Å². The summed E-state index contributed by atoms with van der Waals surface area (Å²) >= 11 is 5.89. The van der Waals surface area contributed by atoms with E-state index >= 15 is 0 Å². The summed E-state index contributed by atoms with van der Waals surface area (Å²) in [5.41, 5.74) is -1.48. The fourth-order valence-corrected chi connectivity index (χ4v) is 2.45. The Morgan fingerprint density at radius 3 is 2.67 bits per heavy atom. The maximum absolute atomic E-state index is 13.9. The van der Waals surface area contributed by atoms with Crippen molar-refractivity contribution in [1.29, 1.82) is 0 Å². The molecular formula is C16H11ClF2O2. The van der Waals surface area contributed by atoms with Crippen LogP contribution in [0.25, 0.3) is 11.0 Å². The van der Waals surface area contributed by atoms with Crippen LogP contribution >= 0.6 is 11.6 Å². The summed E-state index contributed by atoms with van der Waals surface area (Å²) in [6, 6.07) is 10.2. The van der Waals surface area contributed by atoms with Crippen LogP contribution in [0.3, 0.4) is 0 Å². The Hall–Kier alpha value is -1.91. The Morgan fingerprint density at radius 1 is 1.14 bits per heavy atom. The van der Waals surface area contributed by atoms with E-state index in [1.807, 2.05) is 0 Å². The van der Waals surface area contributed by atoms with E-state index in [4.69, 9.17) is 16.0 Å². The Bertz CT molecular complexity index is 824. The van der Waals surface area contributed by atoms with Crippen LogP contribution < -0.4 is 0 Å². The van der Waals surface area contributed by atoms with Crippen molar-refractivity contribution in [3.8, 4) is 0 Å². The molecule has 2 nitrogen and oxygen atoms in total. The van der Waals surface area contributed by atoms with Crippen molar-refractivity contribution in [3.05, 3.63) is 70.4 Å². The second kappa shape index (κ2) is 4.83. The van der Waals surface area contributed by atoms with Gasteiger partial charge in [0.2, 0.25) is 0 Å². The van der Waals surface area contributed by atoms with Crippen LogP contribution in [0.15, 0.2) is 46.9 Å². The molecule has 3 rings (SSSR count). The van der Waals surface area contributed by atoms with Crippen molar-refractivity contribution >= 4 is 22.6 Å². The van der Waals surface area contributed by atoms with Gasteiger partial charge in [-0.1, -0.05) is 23.7 Å². The Morgan fingerprint density at radius 2 is 1.90 bits per heavy atom. The van der Waals surface area contributed by atoms with E-state index in [0.29, 0.717) is 16.0 Å². The number of fused-ring (bicyclic) bond motifs is 1. The molecule has 21 heavy (non-hydrogen) atoms. The molecule has 2 aromatic carbocycles. The minimum Gasteiger partial charge on any atom is -0.458 e. The highest BCUT2D eigenvalue weighted by molar-refractivity contribution is 6.31. The third-order valence-electron chi connectivity index (χ3n) is 3.43. The van der Waals surface area contributed by atoms with Crippen molar-refractivity contribution in [2.45, 2.75) is 12.5 Å². The Balaban J connectivity index is 2.17. The number of rotatable bonds is 2. The van der Waals surface area contributed by atoms with E-state index in [2.05, 4.69) is 0 Å². The fourth-order valence-electron chi connectivity index (χ4n) is 2.27. The van der Waals surface area contributed by atoms with Crippen molar-refractivity contribution in [2.75, 3.05) is 0 Å². The predicted molar refractivity (Wildman–Crippen MR) is 76.3 cm³/mol. The zero-order chi connectivity index (χ0) is 15.2. The van der Waals surface area contributed by atoms with E-state index in [9.17, 15) is 13.9 Å². The van der Waals surface area contributed by atoms with Crippen LogP contribution in [0.4, 0.5) is 8.78 Å². The van der Waals surface area contributed by atoms with Gasteiger partial charge in [0.25, 0.3) is 0 Å². The van der Waals surface area contributed by atoms with Crippen LogP contribution in [0.1, 0.15) is 18.2 Å². The topological polar surface area (TPSA) is 33.4 Å². The van der Waals surface area contributed by atoms with Gasteiger partial charge < -0.3 is 9.52 Å². The number of hydrogen-bond donors (Lipinski definition) is 1. The zero-order valence-corrected chi connectivity index (χ0v) is 11.8. The fraction of sp³-hybridized carbons (Fsp3) is 0.125. The maximum atomic E-state index is 13.9. The minimum absolute atomic E-state index is 0.115. The van der Waals surface area contributed by atoms with Crippen LogP contribution in [-0.2, 0) is 5.60 Å². The first-order chi connectivity index (χ1) is 9.89. The Labute approximate surface area is 124 Å². The first kappa shape index (κ1) is 14.0. The van der Waals surface area contributed by atoms with Crippen LogP contribution in [-0.4, -0.2) is 5.11 Å². The molecular weight excluding hydrogens is 298 g/mol. The van der Waals surface area contributed by atoms with Gasteiger partial charge in [0.15, 0.2) is 11.6 Å². The molecule has 0 saturated heterocycles. The monoisotopic (exact) mass is 308 g/mol. The molecule has 0 aliphatic heterocycles. The van der Waals surface area contributed by atoms with Crippen molar-refractivity contribution in [3.63, 3.8) is 0 Å². The average molecular weight is 309 g/mol. The second-order valence-corrected chi connectivity index (χ2v) is 5.40. The summed E-state index contributed by atoms with van der Waals surface area (Å²) in [5, 5.41) is 11.8. The molecule has 0 radical (unpaired) electrons. The summed E-state index contributed by atoms with van der Waals surface area (Å²) in [7, 11) is 0. The molecule has 1 unspecified atom stereocenters. The van der Waals surface area contributed by atoms with Crippen molar-refractivity contribution in [2.24, 2.45) is 0 Å². The first-order valence-electron chi connectivity index (χ1n) is 6.26. The summed E-state index contributed by atoms with van der Waals surface area (Å²) in [6.45, 7) is 1.35. The molecule has 0 fully saturated rings. The lowest BCUT2D eigenvalue weighted by Crippen LogP contribution is -2.24. The predicted octanol–water partition coefficient (Wildman–Crippen LogP) is 4.62. The van der Waals surface area contributed by atoms with Gasteiger partial charge in [0, 0.05) is 16.0 Å². The zero-order valence-electron chi connectivity index (χ0n) is 11.0. The molecule has 1 atom stereocenters. The molecule has 0 amide bonds. The number of furan rings is 1. The summed E-state index contributed by atoms with van der Waals surface area (Å²) < 4.78 is 32.8. The molecule has 108 valence electrons. The summed E-state index contributed by atoms with van der Waals surface area (Å²) in [4.78, 5) is 0. The third-order valence-corrected chi connectivity index (χ3v) is 3.67. The number of benzene rings is 2. The van der Waals surface area contributed by atoms with Gasteiger partial charge in [-0.2, -0.15) is 0 Å². The van der Waals surface area contributed by atoms with Gasteiger partial charge in [-0.25, -0.2) is 8.78 Å². The van der Waals surface area contributed by atoms with E-state index < -0.39 is 17.2 Å². The Kier molecular flexibility index (Phi) is 3.23. The first-order valence-corrected chi connectivity index (χ1v) is 6.64. The standard InChI is InChI=1S/C16H11ClF2O2/c1-16(20,11-3-2-4-12(18)15(11)19)14-8-9-7-10(17)5-6-13(9)21-14/h2-8,20H,1H3. The molecule has 0 bridgehead atoms. The van der Waals surface area contributed by atoms with Gasteiger partial charge in [0.05, 0.1) is 0 Å². The normalized spacial score (nSPS) is 14.3. The van der Waals surface area contributed by atoms with E-state index in [-0.39, 0.29) is 11.3 Å². The van der Waals surface area contributed by atoms with Crippen LogP contribution in [0.5, 0.6) is 0 Å². The van der Waals surface area contributed by atoms with Gasteiger partial charge in [-0.05, 0) is 37.3 Å². The number of halogens is 3. The molecule has 1 N–H and O–H groups in total. The SMILES string of the molecule is CC(O)(c1cc2cc(Cl)ccc2o1)c1cccc(F)c1F. The molecule has 5 heteroatoms. The second-order valence-electron chi connectivity index (χ2n) is 4.97. The van der Waals surface area contributed by atoms with Crippen molar-refractivity contribution in [1.82, 2.24) is 0 Å². The molecule has 1 heterocycles. The minimum atomic E-state index is -1.79. The summed E-state index contributed by atoms with van der Waals surface area (Å²) in [5.74, 6) is -2.00. The largest absolute Gasteiger partial charge is 0.458 e. The third kappa shape index (κ3) is 2.30. The number of aliphatic hydroxyl groups is 1.